The van der Waals surface area contributed by atoms with Crippen LogP contribution >= 0.6 is 0 Å². The zero-order valence-electron chi connectivity index (χ0n) is 10.5. The fraction of sp³-hybridized carbons (Fsp3) is 0.214. The number of carbonyl (C=O) groups excluding carboxylic acids is 1. The molecule has 20 heavy (non-hydrogen) atoms. The molecule has 0 aliphatic heterocycles. The van der Waals surface area contributed by atoms with E-state index in [2.05, 4.69) is 0 Å². The van der Waals surface area contributed by atoms with Gasteiger partial charge in [-0.1, -0.05) is 30.3 Å². The second kappa shape index (κ2) is 5.81. The van der Waals surface area contributed by atoms with Crippen molar-refractivity contribution < 1.29 is 18.0 Å². The number of benzene rings is 1. The van der Waals surface area contributed by atoms with Crippen LogP contribution in [0, 0.1) is 0 Å². The minimum absolute atomic E-state index is 0.628. The zero-order chi connectivity index (χ0) is 14.6. The number of alkyl halides is 3. The summed E-state index contributed by atoms with van der Waals surface area (Å²) in [7, 11) is 0. The van der Waals surface area contributed by atoms with Crippen molar-refractivity contribution >= 4 is 5.91 Å². The van der Waals surface area contributed by atoms with E-state index in [1.54, 1.807) is 59.4 Å². The predicted octanol–water partition coefficient (Wildman–Crippen LogP) is 2.76. The van der Waals surface area contributed by atoms with Gasteiger partial charge in [-0.3, -0.25) is 4.79 Å². The molecule has 0 aliphatic rings. The van der Waals surface area contributed by atoms with Crippen LogP contribution in [0.1, 0.15) is 11.6 Å². The number of hydrogen-bond acceptors (Lipinski definition) is 1. The van der Waals surface area contributed by atoms with E-state index in [1.165, 1.54) is 0 Å². The molecule has 1 aromatic carbocycles. The average Bonchev–Trinajstić information content (AvgIpc) is 2.91. The maximum atomic E-state index is 12.2. The topological polar surface area (TPSA) is 34.0 Å². The van der Waals surface area contributed by atoms with Gasteiger partial charge in [-0.15, -0.1) is 0 Å². The number of aromatic nitrogens is 1. The Kier molecular flexibility index (Phi) is 4.12. The number of nitrogens with one attached hydrogen (secondary N) is 1. The third-order valence-electron chi connectivity index (χ3n) is 2.75. The van der Waals surface area contributed by atoms with Gasteiger partial charge >= 0.3 is 6.18 Å². The standard InChI is InChI=1S/C14H13F3N2O/c15-14(16,17)10-18-13(20)12(19-8-4-5-9-19)11-6-2-1-3-7-11/h1-9,12H,10H2,(H,18,20). The average molecular weight is 282 g/mol. The molecule has 1 N–H and O–H groups in total. The van der Waals surface area contributed by atoms with Crippen molar-refractivity contribution in [2.45, 2.75) is 12.2 Å². The summed E-state index contributed by atoms with van der Waals surface area (Å²) in [6.07, 6.45) is -1.14. The Hall–Kier alpha value is -2.24. The van der Waals surface area contributed by atoms with Crippen LogP contribution in [0.3, 0.4) is 0 Å². The van der Waals surface area contributed by atoms with E-state index in [0.29, 0.717) is 5.56 Å². The van der Waals surface area contributed by atoms with E-state index in [4.69, 9.17) is 0 Å². The molecular weight excluding hydrogens is 269 g/mol. The van der Waals surface area contributed by atoms with Gasteiger partial charge in [0.25, 0.3) is 0 Å². The SMILES string of the molecule is O=C(NCC(F)(F)F)C(c1ccccc1)n1cccc1. The van der Waals surface area contributed by atoms with Crippen LogP contribution in [0.2, 0.25) is 0 Å². The highest BCUT2D eigenvalue weighted by molar-refractivity contribution is 5.83. The van der Waals surface area contributed by atoms with Gasteiger partial charge in [-0.2, -0.15) is 13.2 Å². The van der Waals surface area contributed by atoms with Crippen LogP contribution in [-0.2, 0) is 4.79 Å². The van der Waals surface area contributed by atoms with E-state index >= 15 is 0 Å². The van der Waals surface area contributed by atoms with Crippen molar-refractivity contribution in [1.29, 1.82) is 0 Å². The third kappa shape index (κ3) is 3.63. The molecule has 106 valence electrons. The predicted molar refractivity (Wildman–Crippen MR) is 68.1 cm³/mol. The molecule has 1 amide bonds. The highest BCUT2D eigenvalue weighted by atomic mass is 19.4. The van der Waals surface area contributed by atoms with Crippen LogP contribution in [0.5, 0.6) is 0 Å². The van der Waals surface area contributed by atoms with E-state index in [1.807, 2.05) is 5.32 Å². The van der Waals surface area contributed by atoms with Crippen molar-refractivity contribution in [2.24, 2.45) is 0 Å². The smallest absolute Gasteiger partial charge is 0.345 e. The Bertz CT molecular complexity index is 550. The van der Waals surface area contributed by atoms with Crippen molar-refractivity contribution in [1.82, 2.24) is 9.88 Å². The molecule has 0 radical (unpaired) electrons. The summed E-state index contributed by atoms with van der Waals surface area (Å²) >= 11 is 0. The second-order valence-corrected chi connectivity index (χ2v) is 4.28. The quantitative estimate of drug-likeness (QED) is 0.919. The van der Waals surface area contributed by atoms with Crippen LogP contribution in [0.25, 0.3) is 0 Å². The molecule has 1 heterocycles. The lowest BCUT2D eigenvalue weighted by atomic mass is 10.1. The van der Waals surface area contributed by atoms with Gasteiger partial charge in [0, 0.05) is 12.4 Å². The maximum absolute atomic E-state index is 12.2. The Morgan fingerprint density at radius 1 is 1.10 bits per heavy atom. The lowest BCUT2D eigenvalue weighted by Crippen LogP contribution is -2.38. The van der Waals surface area contributed by atoms with Crippen molar-refractivity contribution in [3.8, 4) is 0 Å². The molecule has 3 nitrogen and oxygen atoms in total. The maximum Gasteiger partial charge on any atom is 0.405 e. The summed E-state index contributed by atoms with van der Waals surface area (Å²) in [6, 6.07) is 11.3. The van der Waals surface area contributed by atoms with Gasteiger partial charge in [0.1, 0.15) is 12.6 Å². The lowest BCUT2D eigenvalue weighted by Gasteiger charge is -2.19. The summed E-state index contributed by atoms with van der Waals surface area (Å²) in [4.78, 5) is 12.1. The molecule has 0 saturated carbocycles. The molecular formula is C14H13F3N2O. The second-order valence-electron chi connectivity index (χ2n) is 4.28. The molecule has 1 atom stereocenters. The highest BCUT2D eigenvalue weighted by Gasteiger charge is 2.30. The van der Waals surface area contributed by atoms with E-state index < -0.39 is 24.7 Å². The summed E-state index contributed by atoms with van der Waals surface area (Å²) in [6.45, 7) is -1.34. The molecule has 0 spiro atoms. The lowest BCUT2D eigenvalue weighted by molar-refractivity contribution is -0.139. The number of carbonyl (C=O) groups is 1. The molecule has 6 heteroatoms. The number of nitrogens with zero attached hydrogens (tertiary/aromatic N) is 1. The minimum atomic E-state index is -4.42. The molecule has 0 fully saturated rings. The first-order valence-electron chi connectivity index (χ1n) is 5.99. The van der Waals surface area contributed by atoms with Gasteiger partial charge in [-0.05, 0) is 17.7 Å². The summed E-state index contributed by atoms with van der Waals surface area (Å²) in [5.41, 5.74) is 0.628. The van der Waals surface area contributed by atoms with Crippen LogP contribution in [-0.4, -0.2) is 23.2 Å². The Morgan fingerprint density at radius 3 is 2.25 bits per heavy atom. The Balaban J connectivity index is 2.22. The van der Waals surface area contributed by atoms with E-state index in [9.17, 15) is 18.0 Å². The third-order valence-corrected chi connectivity index (χ3v) is 2.75. The largest absolute Gasteiger partial charge is 0.405 e. The van der Waals surface area contributed by atoms with Crippen LogP contribution < -0.4 is 5.32 Å². The number of rotatable bonds is 4. The normalized spacial score (nSPS) is 12.9. The molecule has 2 aromatic rings. The fourth-order valence-electron chi connectivity index (χ4n) is 1.90. The summed E-state index contributed by atoms with van der Waals surface area (Å²) < 4.78 is 38.2. The summed E-state index contributed by atoms with van der Waals surface area (Å²) in [5, 5.41) is 1.92. The van der Waals surface area contributed by atoms with E-state index in [0.717, 1.165) is 0 Å². The Labute approximate surface area is 114 Å². The van der Waals surface area contributed by atoms with Crippen LogP contribution in [0.4, 0.5) is 13.2 Å². The highest BCUT2D eigenvalue weighted by Crippen LogP contribution is 2.20. The molecule has 0 bridgehead atoms. The number of halogens is 3. The van der Waals surface area contributed by atoms with Gasteiger partial charge < -0.3 is 9.88 Å². The molecule has 1 unspecified atom stereocenters. The summed E-state index contributed by atoms with van der Waals surface area (Å²) in [5.74, 6) is -0.690. The fourth-order valence-corrected chi connectivity index (χ4v) is 1.90. The molecule has 1 aromatic heterocycles. The molecule has 2 rings (SSSR count). The van der Waals surface area contributed by atoms with Gasteiger partial charge in [-0.25, -0.2) is 0 Å². The van der Waals surface area contributed by atoms with Crippen molar-refractivity contribution in [3.05, 3.63) is 60.4 Å². The molecule has 0 saturated heterocycles. The first-order valence-corrected chi connectivity index (χ1v) is 5.99. The number of hydrogen-bond donors (Lipinski definition) is 1. The van der Waals surface area contributed by atoms with Crippen molar-refractivity contribution in [3.63, 3.8) is 0 Å². The Morgan fingerprint density at radius 2 is 1.70 bits per heavy atom. The van der Waals surface area contributed by atoms with Crippen LogP contribution in [0.15, 0.2) is 54.9 Å². The van der Waals surface area contributed by atoms with Crippen molar-refractivity contribution in [2.75, 3.05) is 6.54 Å². The van der Waals surface area contributed by atoms with Gasteiger partial charge in [0.05, 0.1) is 0 Å². The van der Waals surface area contributed by atoms with Gasteiger partial charge in [0.2, 0.25) is 5.91 Å². The van der Waals surface area contributed by atoms with E-state index in [-0.39, 0.29) is 0 Å². The minimum Gasteiger partial charge on any atom is -0.345 e. The zero-order valence-corrected chi connectivity index (χ0v) is 10.5. The first-order chi connectivity index (χ1) is 9.47. The molecule has 0 aliphatic carbocycles. The van der Waals surface area contributed by atoms with Gasteiger partial charge in [0.15, 0.2) is 0 Å². The first kappa shape index (κ1) is 14.2. The number of amides is 1. The monoisotopic (exact) mass is 282 g/mol.